The van der Waals surface area contributed by atoms with Crippen LogP contribution in [0.3, 0.4) is 0 Å². The second-order valence-electron chi connectivity index (χ2n) is 5.20. The van der Waals surface area contributed by atoms with E-state index in [1.807, 2.05) is 24.3 Å². The molecule has 0 bridgehead atoms. The third kappa shape index (κ3) is 5.06. The minimum absolute atomic E-state index is 0. The van der Waals surface area contributed by atoms with Crippen molar-refractivity contribution in [3.8, 4) is 10.6 Å². The number of carbonyl (C=O) groups is 1. The average molecular weight is 395 g/mol. The van der Waals surface area contributed by atoms with E-state index in [9.17, 15) is 4.79 Å². The first-order valence-corrected chi connectivity index (χ1v) is 8.15. The van der Waals surface area contributed by atoms with Gasteiger partial charge in [-0.1, -0.05) is 23.7 Å². The van der Waals surface area contributed by atoms with E-state index in [1.54, 1.807) is 5.38 Å². The Balaban J connectivity index is 0.00000132. The van der Waals surface area contributed by atoms with Crippen LogP contribution in [0.2, 0.25) is 5.02 Å². The Morgan fingerprint density at radius 3 is 2.57 bits per heavy atom. The number of nitrogens with two attached hydrogens (primary N) is 1. The molecule has 0 saturated heterocycles. The predicted octanol–water partition coefficient (Wildman–Crippen LogP) is 3.77. The summed E-state index contributed by atoms with van der Waals surface area (Å²) in [6, 6.07) is 7.49. The van der Waals surface area contributed by atoms with Crippen molar-refractivity contribution in [2.24, 2.45) is 11.7 Å². The lowest BCUT2D eigenvalue weighted by Crippen LogP contribution is -2.41. The largest absolute Gasteiger partial charge is 0.346 e. The van der Waals surface area contributed by atoms with Gasteiger partial charge in [0.15, 0.2) is 0 Å². The van der Waals surface area contributed by atoms with E-state index in [0.717, 1.165) is 23.4 Å². The molecule has 1 fully saturated rings. The van der Waals surface area contributed by atoms with Crippen LogP contribution in [-0.2, 0) is 0 Å². The summed E-state index contributed by atoms with van der Waals surface area (Å²) in [4.78, 5) is 16.6. The number of benzene rings is 1. The minimum atomic E-state index is -0.145. The second kappa shape index (κ2) is 8.85. The van der Waals surface area contributed by atoms with Gasteiger partial charge in [0.1, 0.15) is 10.7 Å². The van der Waals surface area contributed by atoms with Gasteiger partial charge in [-0.2, -0.15) is 0 Å². The zero-order valence-corrected chi connectivity index (χ0v) is 15.4. The molecular formula is C15H18Cl3N3OS. The molecule has 4 nitrogen and oxygen atoms in total. The van der Waals surface area contributed by atoms with Crippen molar-refractivity contribution in [3.05, 3.63) is 40.4 Å². The fourth-order valence-electron chi connectivity index (χ4n) is 2.21. The van der Waals surface area contributed by atoms with Crippen LogP contribution in [0.15, 0.2) is 29.6 Å². The van der Waals surface area contributed by atoms with Crippen LogP contribution in [0.1, 0.15) is 23.3 Å². The van der Waals surface area contributed by atoms with Gasteiger partial charge >= 0.3 is 0 Å². The second-order valence-corrected chi connectivity index (χ2v) is 6.49. The summed E-state index contributed by atoms with van der Waals surface area (Å²) in [5, 5.41) is 6.25. The average Bonchev–Trinajstić information content (AvgIpc) is 3.21. The number of amides is 1. The number of rotatable bonds is 5. The minimum Gasteiger partial charge on any atom is -0.346 e. The third-order valence-electron chi connectivity index (χ3n) is 3.59. The lowest BCUT2D eigenvalue weighted by molar-refractivity contribution is 0.0929. The van der Waals surface area contributed by atoms with E-state index in [-0.39, 0.29) is 36.8 Å². The molecule has 0 radical (unpaired) electrons. The van der Waals surface area contributed by atoms with Crippen LogP contribution in [-0.4, -0.2) is 23.5 Å². The molecule has 0 aliphatic heterocycles. The molecule has 3 rings (SSSR count). The van der Waals surface area contributed by atoms with Crippen LogP contribution in [0, 0.1) is 5.92 Å². The number of halogens is 3. The number of nitrogens with one attached hydrogen (secondary N) is 1. The lowest BCUT2D eigenvalue weighted by Gasteiger charge is -2.14. The Morgan fingerprint density at radius 1 is 1.35 bits per heavy atom. The lowest BCUT2D eigenvalue weighted by atomic mass is 10.2. The molecule has 1 aliphatic carbocycles. The van der Waals surface area contributed by atoms with E-state index >= 15 is 0 Å². The molecule has 0 spiro atoms. The molecule has 1 aliphatic rings. The number of hydrogen-bond acceptors (Lipinski definition) is 4. The van der Waals surface area contributed by atoms with Gasteiger partial charge < -0.3 is 11.1 Å². The smallest absolute Gasteiger partial charge is 0.271 e. The molecule has 23 heavy (non-hydrogen) atoms. The maximum Gasteiger partial charge on any atom is 0.271 e. The summed E-state index contributed by atoms with van der Waals surface area (Å²) in [7, 11) is 0. The Labute approximate surface area is 156 Å². The molecule has 1 unspecified atom stereocenters. The zero-order chi connectivity index (χ0) is 14.8. The predicted molar refractivity (Wildman–Crippen MR) is 100 cm³/mol. The van der Waals surface area contributed by atoms with Gasteiger partial charge in [0, 0.05) is 28.6 Å². The van der Waals surface area contributed by atoms with Crippen molar-refractivity contribution in [2.75, 3.05) is 6.54 Å². The SMILES string of the molecule is Cl.Cl.NCC(NC(=O)c1csc(-c2ccc(Cl)cc2)n1)C1CC1. The molecule has 1 saturated carbocycles. The highest BCUT2D eigenvalue weighted by Crippen LogP contribution is 2.32. The maximum absolute atomic E-state index is 12.2. The van der Waals surface area contributed by atoms with Gasteiger partial charge in [-0.25, -0.2) is 4.98 Å². The zero-order valence-electron chi connectivity index (χ0n) is 12.2. The summed E-state index contributed by atoms with van der Waals surface area (Å²) in [6.07, 6.45) is 2.30. The Morgan fingerprint density at radius 2 is 2.00 bits per heavy atom. The number of carbonyl (C=O) groups excluding carboxylic acids is 1. The van der Waals surface area contributed by atoms with Gasteiger partial charge in [0.25, 0.3) is 5.91 Å². The Bertz CT molecular complexity index is 644. The third-order valence-corrected chi connectivity index (χ3v) is 4.73. The van der Waals surface area contributed by atoms with E-state index in [2.05, 4.69) is 10.3 Å². The van der Waals surface area contributed by atoms with Gasteiger partial charge in [0.05, 0.1) is 0 Å². The first-order chi connectivity index (χ1) is 10.2. The molecule has 1 aromatic carbocycles. The van der Waals surface area contributed by atoms with Crippen molar-refractivity contribution in [2.45, 2.75) is 18.9 Å². The molecule has 1 aromatic heterocycles. The summed E-state index contributed by atoms with van der Waals surface area (Å²) in [5.74, 6) is 0.391. The Hall–Kier alpha value is -0.850. The highest BCUT2D eigenvalue weighted by atomic mass is 35.5. The monoisotopic (exact) mass is 393 g/mol. The first kappa shape index (κ1) is 20.2. The van der Waals surface area contributed by atoms with Gasteiger partial charge in [-0.3, -0.25) is 4.79 Å². The molecule has 8 heteroatoms. The number of nitrogens with zero attached hydrogens (tertiary/aromatic N) is 1. The fraction of sp³-hybridized carbons (Fsp3) is 0.333. The molecule has 1 heterocycles. The van der Waals surface area contributed by atoms with Gasteiger partial charge in [-0.05, 0) is 30.9 Å². The van der Waals surface area contributed by atoms with E-state index in [4.69, 9.17) is 17.3 Å². The van der Waals surface area contributed by atoms with Crippen molar-refractivity contribution in [1.82, 2.24) is 10.3 Å². The van der Waals surface area contributed by atoms with Gasteiger partial charge in [-0.15, -0.1) is 36.2 Å². The molecular weight excluding hydrogens is 377 g/mol. The van der Waals surface area contributed by atoms with E-state index in [1.165, 1.54) is 11.3 Å². The van der Waals surface area contributed by atoms with Crippen LogP contribution in [0.25, 0.3) is 10.6 Å². The summed E-state index contributed by atoms with van der Waals surface area (Å²) in [5.41, 5.74) is 7.11. The molecule has 1 amide bonds. The highest BCUT2D eigenvalue weighted by Gasteiger charge is 2.31. The topological polar surface area (TPSA) is 68.0 Å². The summed E-state index contributed by atoms with van der Waals surface area (Å²) in [6.45, 7) is 0.477. The number of thiazole rings is 1. The van der Waals surface area contributed by atoms with Gasteiger partial charge in [0.2, 0.25) is 0 Å². The molecule has 1 atom stereocenters. The maximum atomic E-state index is 12.2. The summed E-state index contributed by atoms with van der Waals surface area (Å²) < 4.78 is 0. The quantitative estimate of drug-likeness (QED) is 0.811. The Kier molecular flexibility index (Phi) is 7.77. The van der Waals surface area contributed by atoms with Crippen LogP contribution >= 0.6 is 47.8 Å². The van der Waals surface area contributed by atoms with Crippen molar-refractivity contribution in [3.63, 3.8) is 0 Å². The standard InChI is InChI=1S/C15H16ClN3OS.2ClH/c16-11-5-3-10(4-6-11)15-19-13(8-21-15)14(20)18-12(7-17)9-1-2-9;;/h3-6,8-9,12H,1-2,7,17H2,(H,18,20);2*1H. The van der Waals surface area contributed by atoms with E-state index < -0.39 is 0 Å². The van der Waals surface area contributed by atoms with Crippen LogP contribution in [0.4, 0.5) is 0 Å². The fourth-order valence-corrected chi connectivity index (χ4v) is 3.15. The van der Waals surface area contributed by atoms with E-state index in [0.29, 0.717) is 23.2 Å². The first-order valence-electron chi connectivity index (χ1n) is 6.90. The summed E-state index contributed by atoms with van der Waals surface area (Å²) >= 11 is 7.32. The number of aromatic nitrogens is 1. The normalized spacial score (nSPS) is 14.3. The number of hydrogen-bond donors (Lipinski definition) is 2. The van der Waals surface area contributed by atoms with Crippen molar-refractivity contribution in [1.29, 1.82) is 0 Å². The van der Waals surface area contributed by atoms with Crippen molar-refractivity contribution < 1.29 is 4.79 Å². The van der Waals surface area contributed by atoms with Crippen LogP contribution in [0.5, 0.6) is 0 Å². The molecule has 3 N–H and O–H groups in total. The van der Waals surface area contributed by atoms with Crippen molar-refractivity contribution >= 4 is 53.7 Å². The molecule has 2 aromatic rings. The highest BCUT2D eigenvalue weighted by molar-refractivity contribution is 7.13. The molecule has 126 valence electrons. The van der Waals surface area contributed by atoms with Crippen LogP contribution < -0.4 is 11.1 Å².